The minimum Gasteiger partial charge on any atom is -0.398 e. The summed E-state index contributed by atoms with van der Waals surface area (Å²) in [5.74, 6) is -1.11. The highest BCUT2D eigenvalue weighted by atomic mass is 19.1. The highest BCUT2D eigenvalue weighted by Crippen LogP contribution is 2.17. The van der Waals surface area contributed by atoms with Gasteiger partial charge < -0.3 is 21.3 Å². The van der Waals surface area contributed by atoms with Gasteiger partial charge in [-0.15, -0.1) is 0 Å². The molecule has 5 nitrogen and oxygen atoms in total. The Hall–Kier alpha value is -1.66. The molecular weight excluding hydrogens is 227 g/mol. The summed E-state index contributed by atoms with van der Waals surface area (Å²) in [6.45, 7) is 0.956. The average molecular weight is 242 g/mol. The van der Waals surface area contributed by atoms with E-state index in [0.29, 0.717) is 0 Å². The molecule has 6 heteroatoms. The molecule has 0 aliphatic rings. The lowest BCUT2D eigenvalue weighted by atomic mass is 10.1. The maximum absolute atomic E-state index is 13.3. The van der Waals surface area contributed by atoms with Crippen LogP contribution in [-0.2, 0) is 0 Å². The van der Waals surface area contributed by atoms with Crippen LogP contribution in [0.5, 0.6) is 0 Å². The molecule has 0 spiro atoms. The Morgan fingerprint density at radius 2 is 2.24 bits per heavy atom. The fourth-order valence-electron chi connectivity index (χ4n) is 1.21. The molecule has 0 radical (unpaired) electrons. The molecule has 0 bridgehead atoms. The number of amides is 1. The molecule has 1 amide bonds. The van der Waals surface area contributed by atoms with Crippen molar-refractivity contribution in [1.82, 2.24) is 5.32 Å². The number of rotatable bonds is 4. The molecule has 1 unspecified atom stereocenters. The van der Waals surface area contributed by atoms with Crippen LogP contribution in [0.2, 0.25) is 0 Å². The predicted octanol–water partition coefficient (Wildman–Crippen LogP) is -0.201. The lowest BCUT2D eigenvalue weighted by molar-refractivity contribution is 0.0801. The van der Waals surface area contributed by atoms with Crippen LogP contribution >= 0.6 is 0 Å². The van der Waals surface area contributed by atoms with Gasteiger partial charge in [0, 0.05) is 23.4 Å². The Balaban J connectivity index is 2.76. The first kappa shape index (κ1) is 13.4. The topological polar surface area (TPSA) is 95.6 Å². The Labute approximate surface area is 98.1 Å². The number of halogens is 1. The molecule has 0 aliphatic heterocycles. The van der Waals surface area contributed by atoms with Crippen LogP contribution in [0.25, 0.3) is 0 Å². The molecule has 5 N–H and O–H groups in total. The fraction of sp³-hybridized carbons (Fsp3) is 0.364. The Morgan fingerprint density at radius 1 is 1.59 bits per heavy atom. The van der Waals surface area contributed by atoms with E-state index < -0.39 is 24.4 Å². The summed E-state index contributed by atoms with van der Waals surface area (Å²) in [4.78, 5) is 11.6. The van der Waals surface area contributed by atoms with Gasteiger partial charge in [-0.25, -0.2) is 4.39 Å². The SMILES string of the molecule is Cc1c(N)cc(C(=O)NCC(O)CO)cc1F. The van der Waals surface area contributed by atoms with Gasteiger partial charge in [-0.3, -0.25) is 4.79 Å². The average Bonchev–Trinajstić information content (AvgIpc) is 2.31. The molecule has 1 aromatic carbocycles. The van der Waals surface area contributed by atoms with Gasteiger partial charge in [0.1, 0.15) is 5.82 Å². The van der Waals surface area contributed by atoms with Gasteiger partial charge in [0.2, 0.25) is 0 Å². The van der Waals surface area contributed by atoms with Crippen LogP contribution in [0.15, 0.2) is 12.1 Å². The number of nitrogen functional groups attached to an aromatic ring is 1. The first-order valence-corrected chi connectivity index (χ1v) is 5.08. The zero-order valence-corrected chi connectivity index (χ0v) is 9.40. The second-order valence-electron chi connectivity index (χ2n) is 3.72. The monoisotopic (exact) mass is 242 g/mol. The second-order valence-corrected chi connectivity index (χ2v) is 3.72. The summed E-state index contributed by atoms with van der Waals surface area (Å²) in [6.07, 6.45) is -1.04. The van der Waals surface area contributed by atoms with Crippen molar-refractivity contribution in [2.75, 3.05) is 18.9 Å². The molecule has 0 aromatic heterocycles. The number of carbonyl (C=O) groups is 1. The molecule has 0 saturated heterocycles. The summed E-state index contributed by atoms with van der Waals surface area (Å²) in [5, 5.41) is 20.0. The highest BCUT2D eigenvalue weighted by Gasteiger charge is 2.12. The van der Waals surface area contributed by atoms with Gasteiger partial charge in [-0.2, -0.15) is 0 Å². The van der Waals surface area contributed by atoms with E-state index in [1.807, 2.05) is 0 Å². The van der Waals surface area contributed by atoms with E-state index in [-0.39, 0.29) is 23.4 Å². The normalized spacial score (nSPS) is 12.2. The third-order valence-corrected chi connectivity index (χ3v) is 2.36. The minimum atomic E-state index is -1.04. The Morgan fingerprint density at radius 3 is 2.76 bits per heavy atom. The third kappa shape index (κ3) is 3.40. The maximum Gasteiger partial charge on any atom is 0.251 e. The highest BCUT2D eigenvalue weighted by molar-refractivity contribution is 5.95. The largest absolute Gasteiger partial charge is 0.398 e. The van der Waals surface area contributed by atoms with E-state index in [1.165, 1.54) is 13.0 Å². The minimum absolute atomic E-state index is 0.0794. The third-order valence-electron chi connectivity index (χ3n) is 2.36. The van der Waals surface area contributed by atoms with E-state index in [1.54, 1.807) is 0 Å². The number of hydrogen-bond acceptors (Lipinski definition) is 4. The number of aliphatic hydroxyl groups is 2. The van der Waals surface area contributed by atoms with E-state index in [2.05, 4.69) is 5.32 Å². The smallest absolute Gasteiger partial charge is 0.251 e. The van der Waals surface area contributed by atoms with Crippen molar-refractivity contribution in [3.8, 4) is 0 Å². The molecule has 17 heavy (non-hydrogen) atoms. The van der Waals surface area contributed by atoms with Crippen molar-refractivity contribution in [3.05, 3.63) is 29.1 Å². The molecule has 0 heterocycles. The quantitative estimate of drug-likeness (QED) is 0.550. The number of hydrogen-bond donors (Lipinski definition) is 4. The maximum atomic E-state index is 13.3. The van der Waals surface area contributed by atoms with E-state index in [0.717, 1.165) is 6.07 Å². The van der Waals surface area contributed by atoms with Crippen LogP contribution in [0.1, 0.15) is 15.9 Å². The van der Waals surface area contributed by atoms with E-state index in [4.69, 9.17) is 15.9 Å². The van der Waals surface area contributed by atoms with Gasteiger partial charge >= 0.3 is 0 Å². The molecule has 0 saturated carbocycles. The van der Waals surface area contributed by atoms with Crippen molar-refractivity contribution in [2.24, 2.45) is 0 Å². The molecule has 0 fully saturated rings. The number of anilines is 1. The van der Waals surface area contributed by atoms with Gasteiger partial charge in [0.25, 0.3) is 5.91 Å². The van der Waals surface area contributed by atoms with E-state index >= 15 is 0 Å². The molecule has 1 rings (SSSR count). The molecule has 94 valence electrons. The molecular formula is C11H15FN2O3. The predicted molar refractivity (Wildman–Crippen MR) is 61.0 cm³/mol. The van der Waals surface area contributed by atoms with E-state index in [9.17, 15) is 9.18 Å². The summed E-state index contributed by atoms with van der Waals surface area (Å²) in [5.41, 5.74) is 6.09. The summed E-state index contributed by atoms with van der Waals surface area (Å²) in [6, 6.07) is 2.44. The molecule has 1 aromatic rings. The Bertz CT molecular complexity index is 400. The zero-order valence-electron chi connectivity index (χ0n) is 9.40. The summed E-state index contributed by atoms with van der Waals surface area (Å²) >= 11 is 0. The molecule has 1 atom stereocenters. The van der Waals surface area contributed by atoms with Gasteiger partial charge in [0.05, 0.1) is 12.7 Å². The van der Waals surface area contributed by atoms with Crippen LogP contribution in [-0.4, -0.2) is 35.4 Å². The standard InChI is InChI=1S/C11H15FN2O3/c1-6-9(12)2-7(3-10(6)13)11(17)14-4-8(16)5-15/h2-3,8,15-16H,4-5,13H2,1H3,(H,14,17). The molecule has 0 aliphatic carbocycles. The van der Waals surface area contributed by atoms with Crippen molar-refractivity contribution >= 4 is 11.6 Å². The first-order valence-electron chi connectivity index (χ1n) is 5.08. The fourth-order valence-corrected chi connectivity index (χ4v) is 1.21. The number of benzene rings is 1. The number of carbonyl (C=O) groups excluding carboxylic acids is 1. The number of nitrogens with one attached hydrogen (secondary N) is 1. The van der Waals surface area contributed by atoms with Crippen LogP contribution in [0, 0.1) is 12.7 Å². The summed E-state index contributed by atoms with van der Waals surface area (Å²) in [7, 11) is 0. The van der Waals surface area contributed by atoms with Gasteiger partial charge in [-0.1, -0.05) is 0 Å². The van der Waals surface area contributed by atoms with Crippen molar-refractivity contribution in [3.63, 3.8) is 0 Å². The first-order chi connectivity index (χ1) is 7.95. The zero-order chi connectivity index (χ0) is 13.0. The van der Waals surface area contributed by atoms with Gasteiger partial charge in [0.15, 0.2) is 0 Å². The number of aliphatic hydroxyl groups excluding tert-OH is 2. The lowest BCUT2D eigenvalue weighted by Crippen LogP contribution is -2.34. The summed E-state index contributed by atoms with van der Waals surface area (Å²) < 4.78 is 13.3. The van der Waals surface area contributed by atoms with Crippen LogP contribution < -0.4 is 11.1 Å². The van der Waals surface area contributed by atoms with Crippen molar-refractivity contribution in [2.45, 2.75) is 13.0 Å². The lowest BCUT2D eigenvalue weighted by Gasteiger charge is -2.10. The van der Waals surface area contributed by atoms with Crippen LogP contribution in [0.3, 0.4) is 0 Å². The second kappa shape index (κ2) is 5.60. The Kier molecular flexibility index (Phi) is 4.42. The van der Waals surface area contributed by atoms with Crippen LogP contribution in [0.4, 0.5) is 10.1 Å². The van der Waals surface area contributed by atoms with Crippen molar-refractivity contribution < 1.29 is 19.4 Å². The van der Waals surface area contributed by atoms with Gasteiger partial charge in [-0.05, 0) is 19.1 Å². The number of nitrogens with two attached hydrogens (primary N) is 1. The van der Waals surface area contributed by atoms with Crippen molar-refractivity contribution in [1.29, 1.82) is 0 Å².